The topological polar surface area (TPSA) is 49.3 Å². The largest absolute Gasteiger partial charge is 0.481 e. The molecule has 0 heterocycles. The van der Waals surface area contributed by atoms with Crippen LogP contribution in [0, 0.1) is 0 Å². The molecular formula is C14H21NO2. The zero-order valence-corrected chi connectivity index (χ0v) is 10.6. The summed E-state index contributed by atoms with van der Waals surface area (Å²) in [5.41, 5.74) is 2.05. The predicted octanol–water partition coefficient (Wildman–Crippen LogP) is 2.59. The Morgan fingerprint density at radius 2 is 1.88 bits per heavy atom. The summed E-state index contributed by atoms with van der Waals surface area (Å²) in [4.78, 5) is 10.5. The molecule has 0 aromatic heterocycles. The van der Waals surface area contributed by atoms with Crippen molar-refractivity contribution in [1.29, 1.82) is 0 Å². The van der Waals surface area contributed by atoms with Crippen molar-refractivity contribution in [2.75, 3.05) is 0 Å². The molecule has 1 unspecified atom stereocenters. The van der Waals surface area contributed by atoms with Gasteiger partial charge in [-0.25, -0.2) is 0 Å². The Morgan fingerprint density at radius 3 is 2.41 bits per heavy atom. The Bertz CT molecular complexity index is 346. The molecule has 0 aliphatic carbocycles. The Labute approximate surface area is 103 Å². The van der Waals surface area contributed by atoms with Crippen molar-refractivity contribution in [3.05, 3.63) is 35.4 Å². The highest BCUT2D eigenvalue weighted by Crippen LogP contribution is 2.06. The lowest BCUT2D eigenvalue weighted by Gasteiger charge is -2.12. The van der Waals surface area contributed by atoms with Gasteiger partial charge in [-0.1, -0.05) is 37.6 Å². The van der Waals surface area contributed by atoms with Gasteiger partial charge in [0.2, 0.25) is 0 Å². The summed E-state index contributed by atoms with van der Waals surface area (Å²) in [7, 11) is 0. The fourth-order valence-corrected chi connectivity index (χ4v) is 1.78. The normalized spacial score (nSPS) is 12.4. The van der Waals surface area contributed by atoms with Crippen molar-refractivity contribution in [1.82, 2.24) is 5.32 Å². The number of benzene rings is 1. The predicted molar refractivity (Wildman–Crippen MR) is 69.0 cm³/mol. The molecule has 1 aromatic carbocycles. The molecule has 0 bridgehead atoms. The number of carbonyl (C=O) groups is 1. The third kappa shape index (κ3) is 5.50. The summed E-state index contributed by atoms with van der Waals surface area (Å²) in [6.45, 7) is 5.20. The lowest BCUT2D eigenvalue weighted by Crippen LogP contribution is -2.25. The Balaban J connectivity index is 2.42. The fraction of sp³-hybridized carbons (Fsp3) is 0.500. The maximum Gasteiger partial charge on any atom is 0.307 e. The minimum Gasteiger partial charge on any atom is -0.481 e. The van der Waals surface area contributed by atoms with E-state index in [2.05, 4.69) is 19.2 Å². The van der Waals surface area contributed by atoms with E-state index in [9.17, 15) is 4.79 Å². The van der Waals surface area contributed by atoms with Crippen LogP contribution in [0.1, 0.15) is 37.8 Å². The zero-order chi connectivity index (χ0) is 12.7. The van der Waals surface area contributed by atoms with Crippen molar-refractivity contribution in [3.8, 4) is 0 Å². The molecule has 1 aromatic rings. The number of carboxylic acids is 1. The van der Waals surface area contributed by atoms with Gasteiger partial charge in [0, 0.05) is 12.6 Å². The third-order valence-corrected chi connectivity index (χ3v) is 2.75. The summed E-state index contributed by atoms with van der Waals surface area (Å²) in [5.74, 6) is -0.785. The van der Waals surface area contributed by atoms with E-state index in [0.29, 0.717) is 6.04 Å². The van der Waals surface area contributed by atoms with Crippen LogP contribution in [0.5, 0.6) is 0 Å². The lowest BCUT2D eigenvalue weighted by atomic mass is 10.1. The van der Waals surface area contributed by atoms with E-state index in [-0.39, 0.29) is 6.42 Å². The molecule has 0 amide bonds. The summed E-state index contributed by atoms with van der Waals surface area (Å²) >= 11 is 0. The molecule has 1 rings (SSSR count). The highest BCUT2D eigenvalue weighted by Gasteiger charge is 2.02. The standard InChI is InChI=1S/C14H21NO2/c1-3-4-11(2)15-10-13-7-5-12(6-8-13)9-14(16)17/h5-8,11,15H,3-4,9-10H2,1-2H3,(H,16,17). The van der Waals surface area contributed by atoms with Crippen LogP contribution in [0.25, 0.3) is 0 Å². The van der Waals surface area contributed by atoms with Crippen molar-refractivity contribution < 1.29 is 9.90 Å². The summed E-state index contributed by atoms with van der Waals surface area (Å²) in [6, 6.07) is 8.28. The van der Waals surface area contributed by atoms with Gasteiger partial charge in [0.1, 0.15) is 0 Å². The van der Waals surface area contributed by atoms with Crippen LogP contribution in [0.3, 0.4) is 0 Å². The second kappa shape index (κ2) is 7.07. The summed E-state index contributed by atoms with van der Waals surface area (Å²) in [6.07, 6.45) is 2.46. The number of hydrogen-bond donors (Lipinski definition) is 2. The molecule has 0 saturated heterocycles. The molecule has 0 saturated carbocycles. The average Bonchev–Trinajstić information content (AvgIpc) is 2.28. The molecule has 94 valence electrons. The molecule has 3 nitrogen and oxygen atoms in total. The molecule has 0 fully saturated rings. The average molecular weight is 235 g/mol. The molecule has 3 heteroatoms. The Hall–Kier alpha value is -1.35. The molecule has 1 atom stereocenters. The van der Waals surface area contributed by atoms with Crippen LogP contribution >= 0.6 is 0 Å². The maximum absolute atomic E-state index is 10.5. The van der Waals surface area contributed by atoms with Crippen LogP contribution in [-0.2, 0) is 17.8 Å². The van der Waals surface area contributed by atoms with Crippen molar-refractivity contribution in [2.45, 2.75) is 45.7 Å². The lowest BCUT2D eigenvalue weighted by molar-refractivity contribution is -0.136. The van der Waals surface area contributed by atoms with Gasteiger partial charge in [-0.2, -0.15) is 0 Å². The van der Waals surface area contributed by atoms with Gasteiger partial charge in [0.15, 0.2) is 0 Å². The maximum atomic E-state index is 10.5. The summed E-state index contributed by atoms with van der Waals surface area (Å²) < 4.78 is 0. The number of rotatable bonds is 7. The first-order chi connectivity index (χ1) is 8.11. The van der Waals surface area contributed by atoms with Crippen molar-refractivity contribution in [2.24, 2.45) is 0 Å². The Kier molecular flexibility index (Phi) is 5.70. The van der Waals surface area contributed by atoms with E-state index >= 15 is 0 Å². The molecule has 0 spiro atoms. The van der Waals surface area contributed by atoms with Gasteiger partial charge in [-0.05, 0) is 24.5 Å². The number of nitrogens with one attached hydrogen (secondary N) is 1. The first-order valence-electron chi connectivity index (χ1n) is 6.14. The van der Waals surface area contributed by atoms with Crippen LogP contribution in [0.15, 0.2) is 24.3 Å². The van der Waals surface area contributed by atoms with Crippen molar-refractivity contribution >= 4 is 5.97 Å². The number of hydrogen-bond acceptors (Lipinski definition) is 2. The van der Waals surface area contributed by atoms with Gasteiger partial charge in [0.05, 0.1) is 6.42 Å². The van der Waals surface area contributed by atoms with Gasteiger partial charge >= 0.3 is 5.97 Å². The van der Waals surface area contributed by atoms with E-state index in [1.54, 1.807) is 0 Å². The van der Waals surface area contributed by atoms with Crippen LogP contribution in [-0.4, -0.2) is 17.1 Å². The van der Waals surface area contributed by atoms with Crippen LogP contribution in [0.4, 0.5) is 0 Å². The van der Waals surface area contributed by atoms with E-state index in [1.807, 2.05) is 24.3 Å². The first-order valence-corrected chi connectivity index (χ1v) is 6.14. The van der Waals surface area contributed by atoms with Gasteiger partial charge in [0.25, 0.3) is 0 Å². The quantitative estimate of drug-likeness (QED) is 0.763. The number of aliphatic carboxylic acids is 1. The molecular weight excluding hydrogens is 214 g/mol. The molecule has 0 radical (unpaired) electrons. The molecule has 2 N–H and O–H groups in total. The smallest absolute Gasteiger partial charge is 0.307 e. The Morgan fingerprint density at radius 1 is 1.29 bits per heavy atom. The van der Waals surface area contributed by atoms with E-state index in [0.717, 1.165) is 12.1 Å². The van der Waals surface area contributed by atoms with Crippen LogP contribution in [0.2, 0.25) is 0 Å². The van der Waals surface area contributed by atoms with Crippen molar-refractivity contribution in [3.63, 3.8) is 0 Å². The highest BCUT2D eigenvalue weighted by atomic mass is 16.4. The first kappa shape index (κ1) is 13.7. The number of carboxylic acid groups (broad SMARTS) is 1. The molecule has 0 aliphatic rings. The molecule has 0 aliphatic heterocycles. The second-order valence-corrected chi connectivity index (χ2v) is 4.46. The van der Waals surface area contributed by atoms with Gasteiger partial charge < -0.3 is 10.4 Å². The van der Waals surface area contributed by atoms with E-state index in [1.165, 1.54) is 18.4 Å². The SMILES string of the molecule is CCCC(C)NCc1ccc(CC(=O)O)cc1. The minimum absolute atomic E-state index is 0.0972. The molecule has 17 heavy (non-hydrogen) atoms. The third-order valence-electron chi connectivity index (χ3n) is 2.75. The van der Waals surface area contributed by atoms with E-state index in [4.69, 9.17) is 5.11 Å². The minimum atomic E-state index is -0.785. The van der Waals surface area contributed by atoms with Crippen LogP contribution < -0.4 is 5.32 Å². The highest BCUT2D eigenvalue weighted by molar-refractivity contribution is 5.70. The second-order valence-electron chi connectivity index (χ2n) is 4.46. The van der Waals surface area contributed by atoms with Gasteiger partial charge in [-0.3, -0.25) is 4.79 Å². The fourth-order valence-electron chi connectivity index (χ4n) is 1.78. The summed E-state index contributed by atoms with van der Waals surface area (Å²) in [5, 5.41) is 12.1. The van der Waals surface area contributed by atoms with E-state index < -0.39 is 5.97 Å². The van der Waals surface area contributed by atoms with Gasteiger partial charge in [-0.15, -0.1) is 0 Å². The monoisotopic (exact) mass is 235 g/mol. The zero-order valence-electron chi connectivity index (χ0n) is 10.6.